The number of aliphatic hydroxyl groups excluding tert-OH is 1. The van der Waals surface area contributed by atoms with E-state index in [4.69, 9.17) is 0 Å². The molecule has 0 bridgehead atoms. The smallest absolute Gasteiger partial charge is 0.222 e. The number of nitrogens with zero attached hydrogens (tertiary/aromatic N) is 1. The third-order valence-electron chi connectivity index (χ3n) is 4.24. The van der Waals surface area contributed by atoms with Crippen LogP contribution in [0.5, 0.6) is 0 Å². The van der Waals surface area contributed by atoms with Crippen LogP contribution in [0.1, 0.15) is 57.8 Å². The Kier molecular flexibility index (Phi) is 4.84. The lowest BCUT2D eigenvalue weighted by molar-refractivity contribution is -0.130. The summed E-state index contributed by atoms with van der Waals surface area (Å²) in [7, 11) is 0. The van der Waals surface area contributed by atoms with Gasteiger partial charge in [0.25, 0.3) is 0 Å². The molecule has 3 heteroatoms. The predicted molar refractivity (Wildman–Crippen MR) is 67.6 cm³/mol. The van der Waals surface area contributed by atoms with E-state index in [1.54, 1.807) is 0 Å². The highest BCUT2D eigenvalue weighted by molar-refractivity contribution is 5.76. The minimum absolute atomic E-state index is 0.248. The van der Waals surface area contributed by atoms with Crippen molar-refractivity contribution in [3.8, 4) is 0 Å². The van der Waals surface area contributed by atoms with E-state index >= 15 is 0 Å². The van der Waals surface area contributed by atoms with Crippen LogP contribution in [-0.4, -0.2) is 35.1 Å². The maximum absolute atomic E-state index is 11.8. The second-order valence-corrected chi connectivity index (χ2v) is 5.68. The van der Waals surface area contributed by atoms with E-state index in [1.165, 1.54) is 38.5 Å². The summed E-state index contributed by atoms with van der Waals surface area (Å²) in [6.45, 7) is 1.31. The first-order valence-corrected chi connectivity index (χ1v) is 7.21. The Balaban J connectivity index is 1.59. The van der Waals surface area contributed by atoms with Crippen molar-refractivity contribution in [1.82, 2.24) is 4.90 Å². The molecule has 2 fully saturated rings. The molecule has 2 rings (SSSR count). The maximum Gasteiger partial charge on any atom is 0.222 e. The van der Waals surface area contributed by atoms with Crippen molar-refractivity contribution < 1.29 is 9.90 Å². The predicted octanol–water partition coefficient (Wildman–Crippen LogP) is 2.33. The Morgan fingerprint density at radius 2 is 1.94 bits per heavy atom. The quantitative estimate of drug-likeness (QED) is 0.818. The van der Waals surface area contributed by atoms with Crippen molar-refractivity contribution >= 4 is 5.91 Å². The van der Waals surface area contributed by atoms with Crippen LogP contribution in [0, 0.1) is 5.92 Å². The molecular weight excluding hydrogens is 214 g/mol. The van der Waals surface area contributed by atoms with Gasteiger partial charge in [0.05, 0.1) is 6.10 Å². The molecule has 0 aromatic carbocycles. The molecule has 17 heavy (non-hydrogen) atoms. The number of carbonyl (C=O) groups excluding carboxylic acids is 1. The molecule has 1 heterocycles. The molecule has 0 spiro atoms. The van der Waals surface area contributed by atoms with Gasteiger partial charge in [-0.2, -0.15) is 0 Å². The van der Waals surface area contributed by atoms with E-state index in [2.05, 4.69) is 0 Å². The molecule has 0 aromatic rings. The first-order valence-electron chi connectivity index (χ1n) is 7.21. The molecule has 98 valence electrons. The molecule has 1 aliphatic heterocycles. The number of β-amino-alcohol motifs (C(OH)–C–C–N with tert-alkyl or cyclic N) is 1. The van der Waals surface area contributed by atoms with Gasteiger partial charge in [0, 0.05) is 19.5 Å². The number of rotatable bonds is 4. The van der Waals surface area contributed by atoms with Crippen molar-refractivity contribution in [2.24, 2.45) is 5.92 Å². The second-order valence-electron chi connectivity index (χ2n) is 5.68. The van der Waals surface area contributed by atoms with Gasteiger partial charge in [-0.15, -0.1) is 0 Å². The van der Waals surface area contributed by atoms with Crippen LogP contribution < -0.4 is 0 Å². The summed E-state index contributed by atoms with van der Waals surface area (Å²) < 4.78 is 0. The molecule has 1 saturated carbocycles. The highest BCUT2D eigenvalue weighted by Crippen LogP contribution is 2.27. The van der Waals surface area contributed by atoms with Crippen LogP contribution in [0.25, 0.3) is 0 Å². The van der Waals surface area contributed by atoms with Gasteiger partial charge in [-0.25, -0.2) is 0 Å². The second kappa shape index (κ2) is 6.39. The van der Waals surface area contributed by atoms with Crippen LogP contribution in [0.3, 0.4) is 0 Å². The monoisotopic (exact) mass is 239 g/mol. The Hall–Kier alpha value is -0.570. The molecule has 0 aromatic heterocycles. The third kappa shape index (κ3) is 3.98. The van der Waals surface area contributed by atoms with E-state index in [1.807, 2.05) is 4.90 Å². The minimum Gasteiger partial charge on any atom is -0.391 e. The molecule has 0 unspecified atom stereocenters. The molecule has 1 aliphatic carbocycles. The Labute approximate surface area is 104 Å². The zero-order chi connectivity index (χ0) is 12.1. The van der Waals surface area contributed by atoms with Crippen LogP contribution in [0.2, 0.25) is 0 Å². The highest BCUT2D eigenvalue weighted by atomic mass is 16.3. The van der Waals surface area contributed by atoms with Gasteiger partial charge in [-0.05, 0) is 25.2 Å². The van der Waals surface area contributed by atoms with Gasteiger partial charge in [0.1, 0.15) is 0 Å². The van der Waals surface area contributed by atoms with Crippen molar-refractivity contribution in [2.45, 2.75) is 63.9 Å². The van der Waals surface area contributed by atoms with Crippen LogP contribution >= 0.6 is 0 Å². The number of amides is 1. The van der Waals surface area contributed by atoms with Crippen molar-refractivity contribution in [1.29, 1.82) is 0 Å². The molecule has 1 amide bonds. The Bertz CT molecular complexity index is 249. The number of likely N-dealkylation sites (tertiary alicyclic amines) is 1. The largest absolute Gasteiger partial charge is 0.391 e. The third-order valence-corrected chi connectivity index (χ3v) is 4.24. The first kappa shape index (κ1) is 12.9. The zero-order valence-corrected chi connectivity index (χ0v) is 10.7. The summed E-state index contributed by atoms with van der Waals surface area (Å²) in [5, 5.41) is 9.38. The first-order chi connectivity index (χ1) is 8.25. The molecule has 1 saturated heterocycles. The molecular formula is C14H25NO2. The summed E-state index contributed by atoms with van der Waals surface area (Å²) in [5.41, 5.74) is 0. The summed E-state index contributed by atoms with van der Waals surface area (Å²) >= 11 is 0. The minimum atomic E-state index is -0.280. The topological polar surface area (TPSA) is 40.5 Å². The SMILES string of the molecule is O=C(CCCC1CCCCC1)N1CC[C@H](O)C1. The molecule has 1 N–H and O–H groups in total. The molecule has 3 nitrogen and oxygen atoms in total. The Morgan fingerprint density at radius 3 is 2.59 bits per heavy atom. The normalized spacial score (nSPS) is 26.4. The lowest BCUT2D eigenvalue weighted by Crippen LogP contribution is -2.29. The van der Waals surface area contributed by atoms with Crippen molar-refractivity contribution in [3.05, 3.63) is 0 Å². The molecule has 0 radical (unpaired) electrons. The number of hydrogen-bond donors (Lipinski definition) is 1. The van der Waals surface area contributed by atoms with Crippen LogP contribution in [-0.2, 0) is 4.79 Å². The van der Waals surface area contributed by atoms with Gasteiger partial charge in [-0.1, -0.05) is 32.1 Å². The van der Waals surface area contributed by atoms with Gasteiger partial charge in [-0.3, -0.25) is 4.79 Å². The van der Waals surface area contributed by atoms with E-state index < -0.39 is 0 Å². The Morgan fingerprint density at radius 1 is 1.18 bits per heavy atom. The molecule has 2 aliphatic rings. The summed E-state index contributed by atoms with van der Waals surface area (Å²) in [6, 6.07) is 0. The van der Waals surface area contributed by atoms with Gasteiger partial charge < -0.3 is 10.0 Å². The zero-order valence-electron chi connectivity index (χ0n) is 10.7. The van der Waals surface area contributed by atoms with Gasteiger partial charge >= 0.3 is 0 Å². The number of carbonyl (C=O) groups is 1. The summed E-state index contributed by atoms with van der Waals surface area (Å²) in [5.74, 6) is 1.12. The van der Waals surface area contributed by atoms with E-state index in [9.17, 15) is 9.90 Å². The van der Waals surface area contributed by atoms with Crippen molar-refractivity contribution in [3.63, 3.8) is 0 Å². The lowest BCUT2D eigenvalue weighted by atomic mass is 9.86. The fourth-order valence-corrected chi connectivity index (χ4v) is 3.14. The maximum atomic E-state index is 11.8. The van der Waals surface area contributed by atoms with Crippen LogP contribution in [0.4, 0.5) is 0 Å². The lowest BCUT2D eigenvalue weighted by Gasteiger charge is -2.22. The highest BCUT2D eigenvalue weighted by Gasteiger charge is 2.24. The fourth-order valence-electron chi connectivity index (χ4n) is 3.14. The van der Waals surface area contributed by atoms with E-state index in [0.717, 1.165) is 25.3 Å². The molecule has 1 atom stereocenters. The average Bonchev–Trinajstić information content (AvgIpc) is 2.77. The van der Waals surface area contributed by atoms with Crippen LogP contribution in [0.15, 0.2) is 0 Å². The van der Waals surface area contributed by atoms with Crippen molar-refractivity contribution in [2.75, 3.05) is 13.1 Å². The standard InChI is InChI=1S/C14H25NO2/c16-13-9-10-15(11-13)14(17)8-4-7-12-5-2-1-3-6-12/h12-13,16H,1-11H2/t13-/m0/s1. The average molecular weight is 239 g/mol. The summed E-state index contributed by atoms with van der Waals surface area (Å²) in [4.78, 5) is 13.7. The van der Waals surface area contributed by atoms with Gasteiger partial charge in [0.2, 0.25) is 5.91 Å². The number of hydrogen-bond acceptors (Lipinski definition) is 2. The summed E-state index contributed by atoms with van der Waals surface area (Å²) in [6.07, 6.45) is 10.3. The van der Waals surface area contributed by atoms with E-state index in [0.29, 0.717) is 13.0 Å². The van der Waals surface area contributed by atoms with Gasteiger partial charge in [0.15, 0.2) is 0 Å². The van der Waals surface area contributed by atoms with E-state index in [-0.39, 0.29) is 12.0 Å². The number of aliphatic hydroxyl groups is 1. The fraction of sp³-hybridized carbons (Fsp3) is 0.929.